The van der Waals surface area contributed by atoms with Crippen LogP contribution in [0.4, 0.5) is 0 Å². The largest absolute Gasteiger partial charge is 0.464 e. The van der Waals surface area contributed by atoms with Crippen LogP contribution >= 0.6 is 0 Å². The van der Waals surface area contributed by atoms with Gasteiger partial charge in [0, 0.05) is 13.2 Å². The molecule has 4 nitrogen and oxygen atoms in total. The number of ether oxygens (including phenoxy) is 1. The van der Waals surface area contributed by atoms with Crippen molar-refractivity contribution in [3.63, 3.8) is 0 Å². The minimum atomic E-state index is -0.814. The highest BCUT2D eigenvalue weighted by Gasteiger charge is 2.33. The lowest BCUT2D eigenvalue weighted by Gasteiger charge is -2.33. The molecule has 0 aliphatic carbocycles. The summed E-state index contributed by atoms with van der Waals surface area (Å²) in [5, 5.41) is 0. The Balaban J connectivity index is 2.87. The third-order valence-corrected chi connectivity index (χ3v) is 3.03. The van der Waals surface area contributed by atoms with E-state index in [2.05, 4.69) is 0 Å². The van der Waals surface area contributed by atoms with E-state index >= 15 is 0 Å². The lowest BCUT2D eigenvalue weighted by atomic mass is 10.1. The fraction of sp³-hybridized carbons (Fsp3) is 0.643. The predicted octanol–water partition coefficient (Wildman–Crippen LogP) is 2.75. The summed E-state index contributed by atoms with van der Waals surface area (Å²) in [6.07, 6.45) is 0. The number of carbonyl (C=O) groups is 1. The van der Waals surface area contributed by atoms with Gasteiger partial charge in [-0.2, -0.15) is 0 Å². The van der Waals surface area contributed by atoms with Crippen LogP contribution in [-0.4, -0.2) is 29.6 Å². The number of hydrogen-bond acceptors (Lipinski definition) is 3. The first-order chi connectivity index (χ1) is 8.27. The molecule has 0 aromatic carbocycles. The van der Waals surface area contributed by atoms with E-state index < -0.39 is 5.60 Å². The third kappa shape index (κ3) is 3.35. The topological polar surface area (TPSA) is 42.7 Å². The van der Waals surface area contributed by atoms with Crippen LogP contribution in [0.15, 0.2) is 16.5 Å². The quantitative estimate of drug-likeness (QED) is 0.810. The second kappa shape index (κ2) is 5.57. The van der Waals surface area contributed by atoms with Crippen LogP contribution in [0.3, 0.4) is 0 Å². The van der Waals surface area contributed by atoms with Gasteiger partial charge in [0.15, 0.2) is 0 Å². The molecule has 0 radical (unpaired) electrons. The first kappa shape index (κ1) is 14.8. The van der Waals surface area contributed by atoms with Crippen molar-refractivity contribution >= 4 is 5.91 Å². The molecule has 0 aliphatic heterocycles. The molecule has 0 unspecified atom stereocenters. The van der Waals surface area contributed by atoms with Crippen LogP contribution in [0.1, 0.15) is 39.2 Å². The molecule has 0 N–H and O–H groups in total. The summed E-state index contributed by atoms with van der Waals surface area (Å²) in [5.74, 6) is 1.61. The lowest BCUT2D eigenvalue weighted by Crippen LogP contribution is -2.48. The minimum absolute atomic E-state index is 0.0333. The van der Waals surface area contributed by atoms with Crippen molar-refractivity contribution < 1.29 is 13.9 Å². The van der Waals surface area contributed by atoms with E-state index in [4.69, 9.17) is 9.15 Å². The van der Waals surface area contributed by atoms with Crippen molar-refractivity contribution in [2.45, 2.75) is 52.8 Å². The first-order valence-corrected chi connectivity index (χ1v) is 6.19. The van der Waals surface area contributed by atoms with Crippen LogP contribution in [-0.2, 0) is 16.1 Å². The Morgan fingerprint density at radius 3 is 2.44 bits per heavy atom. The molecule has 0 spiro atoms. The maximum atomic E-state index is 12.4. The molecule has 1 aromatic rings. The number of aryl methyl sites for hydroxylation is 1. The summed E-state index contributed by atoms with van der Waals surface area (Å²) in [6, 6.07) is 3.90. The third-order valence-electron chi connectivity index (χ3n) is 3.03. The van der Waals surface area contributed by atoms with Crippen LogP contribution in [0, 0.1) is 6.92 Å². The van der Waals surface area contributed by atoms with Crippen LogP contribution in [0.5, 0.6) is 0 Å². The Morgan fingerprint density at radius 2 is 2.06 bits per heavy atom. The van der Waals surface area contributed by atoms with E-state index in [9.17, 15) is 4.79 Å². The van der Waals surface area contributed by atoms with Crippen molar-refractivity contribution in [1.82, 2.24) is 4.90 Å². The summed E-state index contributed by atoms with van der Waals surface area (Å²) in [5.41, 5.74) is -0.814. The molecule has 1 heterocycles. The second-order valence-corrected chi connectivity index (χ2v) is 5.25. The number of rotatable bonds is 5. The van der Waals surface area contributed by atoms with Gasteiger partial charge in [-0.25, -0.2) is 0 Å². The number of carbonyl (C=O) groups excluding carboxylic acids is 1. The minimum Gasteiger partial charge on any atom is -0.464 e. The van der Waals surface area contributed by atoms with E-state index in [0.717, 1.165) is 11.5 Å². The van der Waals surface area contributed by atoms with Crippen molar-refractivity contribution in [3.8, 4) is 0 Å². The summed E-state index contributed by atoms with van der Waals surface area (Å²) in [4.78, 5) is 14.2. The molecule has 0 saturated carbocycles. The van der Waals surface area contributed by atoms with Gasteiger partial charge in [-0.05, 0) is 46.8 Å². The van der Waals surface area contributed by atoms with E-state index in [1.165, 1.54) is 0 Å². The van der Waals surface area contributed by atoms with Crippen LogP contribution in [0.2, 0.25) is 0 Å². The fourth-order valence-corrected chi connectivity index (χ4v) is 1.66. The van der Waals surface area contributed by atoms with Crippen LogP contribution < -0.4 is 0 Å². The molecule has 1 rings (SSSR count). The molecule has 4 heteroatoms. The highest BCUT2D eigenvalue weighted by atomic mass is 16.5. The second-order valence-electron chi connectivity index (χ2n) is 5.25. The summed E-state index contributed by atoms with van der Waals surface area (Å²) < 4.78 is 10.8. The van der Waals surface area contributed by atoms with Crippen molar-refractivity contribution in [2.75, 3.05) is 7.11 Å². The molecule has 18 heavy (non-hydrogen) atoms. The molecule has 1 amide bonds. The maximum Gasteiger partial charge on any atom is 0.254 e. The Kier molecular flexibility index (Phi) is 4.57. The fourth-order valence-electron chi connectivity index (χ4n) is 1.66. The maximum absolute atomic E-state index is 12.4. The van der Waals surface area contributed by atoms with Gasteiger partial charge in [-0.15, -0.1) is 0 Å². The molecular formula is C14H23NO3. The Morgan fingerprint density at radius 1 is 1.44 bits per heavy atom. The van der Waals surface area contributed by atoms with Gasteiger partial charge in [0.25, 0.3) is 5.91 Å². The number of nitrogens with zero attached hydrogens (tertiary/aromatic N) is 1. The zero-order valence-corrected chi connectivity index (χ0v) is 12.1. The molecule has 102 valence electrons. The van der Waals surface area contributed by atoms with Gasteiger partial charge in [0.05, 0.1) is 6.54 Å². The smallest absolute Gasteiger partial charge is 0.254 e. The summed E-state index contributed by atoms with van der Waals surface area (Å²) in [7, 11) is 1.55. The number of methoxy groups -OCH3 is 1. The Bertz CT molecular complexity index is 407. The van der Waals surface area contributed by atoms with E-state index in [1.54, 1.807) is 25.9 Å². The van der Waals surface area contributed by atoms with Crippen LogP contribution in [0.25, 0.3) is 0 Å². The average molecular weight is 253 g/mol. The van der Waals surface area contributed by atoms with Crippen molar-refractivity contribution in [3.05, 3.63) is 23.7 Å². The molecule has 0 aliphatic rings. The molecule has 0 fully saturated rings. The standard InChI is InChI=1S/C14H23NO3/c1-10(2)15(13(16)14(4,5)17-6)9-12-8-7-11(3)18-12/h7-8,10H,9H2,1-6H3. The SMILES string of the molecule is COC(C)(C)C(=O)N(Cc1ccc(C)o1)C(C)C. The zero-order chi connectivity index (χ0) is 13.9. The highest BCUT2D eigenvalue weighted by Crippen LogP contribution is 2.18. The predicted molar refractivity (Wildman–Crippen MR) is 70.2 cm³/mol. The van der Waals surface area contributed by atoms with Gasteiger partial charge in [0.1, 0.15) is 17.1 Å². The van der Waals surface area contributed by atoms with Gasteiger partial charge in [-0.1, -0.05) is 0 Å². The molecule has 1 aromatic heterocycles. The van der Waals surface area contributed by atoms with Crippen molar-refractivity contribution in [2.24, 2.45) is 0 Å². The van der Waals surface area contributed by atoms with Crippen molar-refractivity contribution in [1.29, 1.82) is 0 Å². The molecule has 0 bridgehead atoms. The van der Waals surface area contributed by atoms with Gasteiger partial charge >= 0.3 is 0 Å². The summed E-state index contributed by atoms with van der Waals surface area (Å²) in [6.45, 7) is 9.89. The Labute approximate surface area is 109 Å². The lowest BCUT2D eigenvalue weighted by molar-refractivity contribution is -0.153. The average Bonchev–Trinajstić information content (AvgIpc) is 2.70. The highest BCUT2D eigenvalue weighted by molar-refractivity contribution is 5.84. The molecular weight excluding hydrogens is 230 g/mol. The first-order valence-electron chi connectivity index (χ1n) is 6.19. The van der Waals surface area contributed by atoms with E-state index in [1.807, 2.05) is 32.9 Å². The number of hydrogen-bond donors (Lipinski definition) is 0. The molecule has 0 atom stereocenters. The van der Waals surface area contributed by atoms with E-state index in [0.29, 0.717) is 6.54 Å². The number of furan rings is 1. The molecule has 0 saturated heterocycles. The zero-order valence-electron chi connectivity index (χ0n) is 12.1. The Hall–Kier alpha value is -1.29. The van der Waals surface area contributed by atoms with Gasteiger partial charge in [0.2, 0.25) is 0 Å². The number of amides is 1. The van der Waals surface area contributed by atoms with Gasteiger partial charge < -0.3 is 14.1 Å². The summed E-state index contributed by atoms with van der Waals surface area (Å²) >= 11 is 0. The van der Waals surface area contributed by atoms with Gasteiger partial charge in [-0.3, -0.25) is 4.79 Å². The normalized spacial score (nSPS) is 11.9. The monoisotopic (exact) mass is 253 g/mol. The van der Waals surface area contributed by atoms with E-state index in [-0.39, 0.29) is 11.9 Å².